The van der Waals surface area contributed by atoms with Crippen molar-refractivity contribution in [2.45, 2.75) is 18.0 Å². The van der Waals surface area contributed by atoms with Gasteiger partial charge in [-0.25, -0.2) is 8.42 Å². The normalized spacial score (nSPS) is 11.9. The van der Waals surface area contributed by atoms with E-state index >= 15 is 0 Å². The first-order chi connectivity index (χ1) is 13.4. The van der Waals surface area contributed by atoms with Gasteiger partial charge in [0.25, 0.3) is 0 Å². The third kappa shape index (κ3) is 6.28. The van der Waals surface area contributed by atoms with E-state index in [1.165, 1.54) is 11.8 Å². The van der Waals surface area contributed by atoms with E-state index in [0.717, 1.165) is 29.0 Å². The van der Waals surface area contributed by atoms with Gasteiger partial charge in [-0.3, -0.25) is 9.10 Å². The number of benzene rings is 2. The van der Waals surface area contributed by atoms with E-state index in [-0.39, 0.29) is 5.69 Å². The smallest absolute Gasteiger partial charge is 0.323 e. The molecule has 2 aromatic rings. The van der Waals surface area contributed by atoms with Gasteiger partial charge in [0.05, 0.1) is 28.2 Å². The fourth-order valence-corrected chi connectivity index (χ4v) is 4.29. The second-order valence-electron chi connectivity index (χ2n) is 5.91. The van der Waals surface area contributed by atoms with Crippen LogP contribution in [-0.4, -0.2) is 32.9 Å². The molecule has 1 N–H and O–H groups in total. The molecule has 0 aliphatic carbocycles. The molecule has 0 aliphatic rings. The monoisotopic (exact) mass is 466 g/mol. The molecule has 2 rings (SSSR count). The number of nitrogens with one attached hydrogen (secondary N) is 1. The van der Waals surface area contributed by atoms with Crippen molar-refractivity contribution in [3.05, 3.63) is 53.1 Å². The van der Waals surface area contributed by atoms with Crippen molar-refractivity contribution in [2.24, 2.45) is 0 Å². The second kappa shape index (κ2) is 9.27. The number of anilines is 2. The highest BCUT2D eigenvalue weighted by atomic mass is 35.5. The van der Waals surface area contributed by atoms with E-state index in [1.54, 1.807) is 24.3 Å². The Kier molecular flexibility index (Phi) is 7.47. The Morgan fingerprint density at radius 1 is 1.21 bits per heavy atom. The molecule has 0 atom stereocenters. The molecule has 0 radical (unpaired) electrons. The molecule has 0 bridgehead atoms. The van der Waals surface area contributed by atoms with Gasteiger partial charge in [0.2, 0.25) is 15.9 Å². The van der Waals surface area contributed by atoms with Crippen LogP contribution in [0.2, 0.25) is 5.02 Å². The minimum absolute atomic E-state index is 0.310. The van der Waals surface area contributed by atoms with E-state index in [2.05, 4.69) is 5.32 Å². The van der Waals surface area contributed by atoms with Gasteiger partial charge in [0.1, 0.15) is 6.54 Å². The Morgan fingerprint density at radius 2 is 1.86 bits per heavy atom. The number of para-hydroxylation sites is 1. The van der Waals surface area contributed by atoms with Crippen LogP contribution >= 0.6 is 23.4 Å². The summed E-state index contributed by atoms with van der Waals surface area (Å²) in [7, 11) is -4.04. The number of alkyl halides is 3. The third-order valence-electron chi connectivity index (χ3n) is 3.69. The molecular weight excluding hydrogens is 449 g/mol. The largest absolute Gasteiger partial charge is 0.417 e. The van der Waals surface area contributed by atoms with E-state index in [4.69, 9.17) is 11.6 Å². The molecular formula is C18H18ClF3N2O3S2. The maximum atomic E-state index is 13.1. The third-order valence-corrected chi connectivity index (χ3v) is 6.12. The average molecular weight is 467 g/mol. The number of hydrogen-bond acceptors (Lipinski definition) is 4. The van der Waals surface area contributed by atoms with Gasteiger partial charge in [0, 0.05) is 4.90 Å². The van der Waals surface area contributed by atoms with Gasteiger partial charge in [-0.1, -0.05) is 30.7 Å². The number of rotatable bonds is 7. The van der Waals surface area contributed by atoms with Crippen molar-refractivity contribution >= 4 is 50.7 Å². The van der Waals surface area contributed by atoms with Crippen molar-refractivity contribution in [2.75, 3.05) is 28.2 Å². The topological polar surface area (TPSA) is 66.5 Å². The minimum atomic E-state index is -4.77. The minimum Gasteiger partial charge on any atom is -0.323 e. The summed E-state index contributed by atoms with van der Waals surface area (Å²) >= 11 is 7.08. The lowest BCUT2D eigenvalue weighted by molar-refractivity contribution is -0.137. The number of hydrogen-bond donors (Lipinski definition) is 1. The SMILES string of the molecule is CCSc1ccccc1NC(=O)CN(c1ccc(Cl)c(C(F)(F)F)c1)S(C)(=O)=O. The molecule has 0 aliphatic heterocycles. The van der Waals surface area contributed by atoms with Gasteiger partial charge >= 0.3 is 6.18 Å². The summed E-state index contributed by atoms with van der Waals surface area (Å²) < 4.78 is 64.3. The van der Waals surface area contributed by atoms with Gasteiger partial charge in [-0.2, -0.15) is 13.2 Å². The fourth-order valence-electron chi connectivity index (χ4n) is 2.46. The van der Waals surface area contributed by atoms with Gasteiger partial charge < -0.3 is 5.32 Å². The molecule has 1 amide bonds. The van der Waals surface area contributed by atoms with Crippen molar-refractivity contribution in [1.82, 2.24) is 0 Å². The molecule has 0 fully saturated rings. The highest BCUT2D eigenvalue weighted by Gasteiger charge is 2.34. The molecule has 0 aromatic heterocycles. The molecule has 0 heterocycles. The van der Waals surface area contributed by atoms with E-state index in [9.17, 15) is 26.4 Å². The Hall–Kier alpha value is -1.91. The molecule has 0 spiro atoms. The summed E-state index contributed by atoms with van der Waals surface area (Å²) in [5, 5.41) is 2.04. The average Bonchev–Trinajstić information content (AvgIpc) is 2.60. The Balaban J connectivity index is 2.33. The highest BCUT2D eigenvalue weighted by molar-refractivity contribution is 7.99. The number of carbonyl (C=O) groups excluding carboxylic acids is 1. The number of nitrogens with zero attached hydrogens (tertiary/aromatic N) is 1. The molecule has 0 unspecified atom stereocenters. The van der Waals surface area contributed by atoms with Crippen LogP contribution in [0.4, 0.5) is 24.5 Å². The quantitative estimate of drug-likeness (QED) is 0.591. The van der Waals surface area contributed by atoms with E-state index in [0.29, 0.717) is 16.1 Å². The number of sulfonamides is 1. The highest BCUT2D eigenvalue weighted by Crippen LogP contribution is 2.37. The van der Waals surface area contributed by atoms with Crippen LogP contribution in [0.25, 0.3) is 0 Å². The fraction of sp³-hybridized carbons (Fsp3) is 0.278. The van der Waals surface area contributed by atoms with E-state index in [1.807, 2.05) is 6.92 Å². The maximum absolute atomic E-state index is 13.1. The van der Waals surface area contributed by atoms with Crippen molar-refractivity contribution in [3.8, 4) is 0 Å². The Bertz CT molecular complexity index is 998. The summed E-state index contributed by atoms with van der Waals surface area (Å²) in [6.07, 6.45) is -3.96. The van der Waals surface area contributed by atoms with Crippen molar-refractivity contribution in [1.29, 1.82) is 0 Å². The summed E-state index contributed by atoms with van der Waals surface area (Å²) in [5.74, 6) is 0.0657. The number of halogens is 4. The standard InChI is InChI=1S/C18H18ClF3N2O3S2/c1-3-28-16-7-5-4-6-15(16)23-17(25)11-24(29(2,26)27)12-8-9-14(19)13(10-12)18(20,21)22/h4-10H,3,11H2,1-2H3,(H,23,25). The first kappa shape index (κ1) is 23.4. The lowest BCUT2D eigenvalue weighted by Crippen LogP contribution is -2.37. The van der Waals surface area contributed by atoms with E-state index < -0.39 is 39.2 Å². The number of amides is 1. The maximum Gasteiger partial charge on any atom is 0.417 e. The number of thioether (sulfide) groups is 1. The summed E-state index contributed by atoms with van der Waals surface area (Å²) in [6, 6.07) is 9.63. The van der Waals surface area contributed by atoms with Crippen LogP contribution in [0, 0.1) is 0 Å². The molecule has 0 saturated heterocycles. The zero-order valence-electron chi connectivity index (χ0n) is 15.5. The molecule has 158 valence electrons. The van der Waals surface area contributed by atoms with Crippen LogP contribution in [0.15, 0.2) is 47.4 Å². The second-order valence-corrected chi connectivity index (χ2v) is 9.53. The summed E-state index contributed by atoms with van der Waals surface area (Å²) in [6.45, 7) is 1.25. The zero-order chi connectivity index (χ0) is 21.8. The van der Waals surface area contributed by atoms with Crippen LogP contribution in [0.3, 0.4) is 0 Å². The molecule has 0 saturated carbocycles. The van der Waals surface area contributed by atoms with Gasteiger partial charge in [0.15, 0.2) is 0 Å². The zero-order valence-corrected chi connectivity index (χ0v) is 17.8. The predicted molar refractivity (Wildman–Crippen MR) is 110 cm³/mol. The summed E-state index contributed by atoms with van der Waals surface area (Å²) in [5.41, 5.74) is -1.00. The van der Waals surface area contributed by atoms with Crippen LogP contribution in [-0.2, 0) is 21.0 Å². The van der Waals surface area contributed by atoms with Gasteiger partial charge in [-0.05, 0) is 36.1 Å². The lowest BCUT2D eigenvalue weighted by atomic mass is 10.2. The Morgan fingerprint density at radius 3 is 2.45 bits per heavy atom. The number of carbonyl (C=O) groups is 1. The van der Waals surface area contributed by atoms with Gasteiger partial charge in [-0.15, -0.1) is 11.8 Å². The molecule has 29 heavy (non-hydrogen) atoms. The first-order valence-electron chi connectivity index (χ1n) is 8.29. The van der Waals surface area contributed by atoms with Crippen molar-refractivity contribution < 1.29 is 26.4 Å². The van der Waals surface area contributed by atoms with Crippen LogP contribution in [0.1, 0.15) is 12.5 Å². The van der Waals surface area contributed by atoms with Crippen molar-refractivity contribution in [3.63, 3.8) is 0 Å². The first-order valence-corrected chi connectivity index (χ1v) is 11.5. The molecule has 2 aromatic carbocycles. The van der Waals surface area contributed by atoms with Crippen LogP contribution < -0.4 is 9.62 Å². The van der Waals surface area contributed by atoms with Crippen LogP contribution in [0.5, 0.6) is 0 Å². The molecule has 11 heteroatoms. The lowest BCUT2D eigenvalue weighted by Gasteiger charge is -2.23. The predicted octanol–water partition coefficient (Wildman–Crippen LogP) is 4.88. The Labute approximate surface area is 176 Å². The molecule has 5 nitrogen and oxygen atoms in total. The summed E-state index contributed by atoms with van der Waals surface area (Å²) in [4.78, 5) is 13.3.